The largest absolute Gasteiger partial charge is 0.458 e. The second-order valence-corrected chi connectivity index (χ2v) is 9.44. The lowest BCUT2D eigenvalue weighted by molar-refractivity contribution is -0.116. The zero-order valence-electron chi connectivity index (χ0n) is 21.6. The van der Waals surface area contributed by atoms with E-state index in [4.69, 9.17) is 25.3 Å². The highest BCUT2D eigenvalue weighted by atomic mass is 35.5. The summed E-state index contributed by atoms with van der Waals surface area (Å²) in [6.07, 6.45) is 3.91. The molecule has 1 amide bonds. The summed E-state index contributed by atoms with van der Waals surface area (Å²) < 4.78 is 16.0. The Labute approximate surface area is 226 Å². The summed E-state index contributed by atoms with van der Waals surface area (Å²) in [6.45, 7) is 7.85. The predicted molar refractivity (Wildman–Crippen MR) is 147 cm³/mol. The molecule has 5 rings (SSSR count). The summed E-state index contributed by atoms with van der Waals surface area (Å²) in [5.41, 5.74) is 4.54. The first-order chi connectivity index (χ1) is 18.3. The van der Waals surface area contributed by atoms with Gasteiger partial charge in [-0.1, -0.05) is 41.0 Å². The van der Waals surface area contributed by atoms with Gasteiger partial charge in [0.15, 0.2) is 5.58 Å². The van der Waals surface area contributed by atoms with Crippen molar-refractivity contribution in [2.24, 2.45) is 0 Å². The molecule has 3 heterocycles. The van der Waals surface area contributed by atoms with Crippen LogP contribution in [0.25, 0.3) is 28.2 Å². The van der Waals surface area contributed by atoms with E-state index < -0.39 is 0 Å². The Kier molecular flexibility index (Phi) is 9.12. The van der Waals surface area contributed by atoms with Gasteiger partial charge in [0.2, 0.25) is 5.91 Å². The molecule has 1 saturated heterocycles. The topological polar surface area (TPSA) is 97.8 Å². The smallest absolute Gasteiger partial charge is 0.244 e. The van der Waals surface area contributed by atoms with E-state index in [1.54, 1.807) is 25.1 Å². The van der Waals surface area contributed by atoms with Crippen LogP contribution in [0.1, 0.15) is 33.1 Å². The number of carbonyl (C=O) groups excluding carboxylic acids is 2. The third-order valence-electron chi connectivity index (χ3n) is 6.16. The van der Waals surface area contributed by atoms with Crippen molar-refractivity contribution in [3.8, 4) is 11.1 Å². The molecule has 0 unspecified atom stereocenters. The standard InChI is InChI=1S/C24H19ClN2O4.C5H11NO/c1-14-21(15(2)31-27-14)7-8-23(29)26-12-20-10-19-9-18(11-22(25)24(19)30-20)17-5-3-16(13-28)4-6-17;1-6-2-4-7-5-3-6/h3-11,13H,12H2,1-2H3,(H,26,29);2-5H2,1H3/b8-7+;. The highest BCUT2D eigenvalue weighted by Crippen LogP contribution is 2.33. The number of halogens is 1. The summed E-state index contributed by atoms with van der Waals surface area (Å²) in [4.78, 5) is 25.3. The van der Waals surface area contributed by atoms with E-state index in [-0.39, 0.29) is 12.5 Å². The van der Waals surface area contributed by atoms with Gasteiger partial charge in [0, 0.05) is 35.7 Å². The van der Waals surface area contributed by atoms with Gasteiger partial charge in [-0.2, -0.15) is 0 Å². The van der Waals surface area contributed by atoms with Crippen molar-refractivity contribution in [1.29, 1.82) is 0 Å². The Morgan fingerprint density at radius 3 is 2.45 bits per heavy atom. The van der Waals surface area contributed by atoms with E-state index in [0.29, 0.717) is 27.7 Å². The highest BCUT2D eigenvalue weighted by Gasteiger charge is 2.12. The lowest BCUT2D eigenvalue weighted by atomic mass is 10.0. The molecule has 0 radical (unpaired) electrons. The van der Waals surface area contributed by atoms with E-state index in [1.165, 1.54) is 6.08 Å². The van der Waals surface area contributed by atoms with Crippen molar-refractivity contribution in [3.63, 3.8) is 0 Å². The Morgan fingerprint density at radius 1 is 1.11 bits per heavy atom. The molecule has 38 heavy (non-hydrogen) atoms. The van der Waals surface area contributed by atoms with Gasteiger partial charge in [0.1, 0.15) is 17.8 Å². The minimum atomic E-state index is -0.262. The van der Waals surface area contributed by atoms with Crippen LogP contribution in [-0.4, -0.2) is 55.6 Å². The number of nitrogens with one attached hydrogen (secondary N) is 1. The third-order valence-corrected chi connectivity index (χ3v) is 6.44. The normalized spacial score (nSPS) is 13.9. The van der Waals surface area contributed by atoms with Gasteiger partial charge in [-0.25, -0.2) is 0 Å². The SMILES string of the molecule is CN1CCOCC1.Cc1noc(C)c1/C=C/C(=O)NCc1cc2cc(-c3ccc(C=O)cc3)cc(Cl)c2o1. The number of fused-ring (bicyclic) bond motifs is 1. The Hall–Kier alpha value is -3.72. The number of carbonyl (C=O) groups is 2. The number of likely N-dealkylation sites (N-methyl/N-ethyl adjacent to an activating group) is 1. The van der Waals surface area contributed by atoms with Crippen LogP contribution < -0.4 is 5.32 Å². The van der Waals surface area contributed by atoms with Crippen molar-refractivity contribution in [2.75, 3.05) is 33.4 Å². The second kappa shape index (κ2) is 12.7. The zero-order valence-corrected chi connectivity index (χ0v) is 22.4. The summed E-state index contributed by atoms with van der Waals surface area (Å²) in [5.74, 6) is 0.983. The highest BCUT2D eigenvalue weighted by molar-refractivity contribution is 6.35. The number of aromatic nitrogens is 1. The fraction of sp³-hybridized carbons (Fsp3) is 0.276. The lowest BCUT2D eigenvalue weighted by Gasteiger charge is -2.21. The molecule has 0 atom stereocenters. The number of hydrogen-bond donors (Lipinski definition) is 1. The van der Waals surface area contributed by atoms with Crippen LogP contribution in [0.2, 0.25) is 5.02 Å². The summed E-state index contributed by atoms with van der Waals surface area (Å²) in [7, 11) is 2.11. The average molecular weight is 536 g/mol. The molecule has 1 aliphatic rings. The molecule has 0 aliphatic carbocycles. The Bertz CT molecular complexity index is 1410. The zero-order chi connectivity index (χ0) is 27.1. The minimum Gasteiger partial charge on any atom is -0.458 e. The summed E-state index contributed by atoms with van der Waals surface area (Å²) in [6, 6.07) is 12.9. The van der Waals surface area contributed by atoms with Crippen LogP contribution in [-0.2, 0) is 16.1 Å². The van der Waals surface area contributed by atoms with Gasteiger partial charge in [-0.05, 0) is 56.3 Å². The maximum absolute atomic E-state index is 12.2. The third kappa shape index (κ3) is 6.98. The van der Waals surface area contributed by atoms with Gasteiger partial charge in [-0.15, -0.1) is 0 Å². The number of hydrogen-bond acceptors (Lipinski definition) is 7. The quantitative estimate of drug-likeness (QED) is 0.259. The fourth-order valence-corrected chi connectivity index (χ4v) is 4.21. The van der Waals surface area contributed by atoms with Gasteiger partial charge < -0.3 is 23.9 Å². The average Bonchev–Trinajstić information content (AvgIpc) is 3.49. The first-order valence-electron chi connectivity index (χ1n) is 12.3. The molecule has 1 aliphatic heterocycles. The summed E-state index contributed by atoms with van der Waals surface area (Å²) in [5, 5.41) is 7.96. The maximum atomic E-state index is 12.2. The minimum absolute atomic E-state index is 0.221. The van der Waals surface area contributed by atoms with Crippen molar-refractivity contribution < 1.29 is 23.3 Å². The molecule has 0 saturated carbocycles. The summed E-state index contributed by atoms with van der Waals surface area (Å²) >= 11 is 6.42. The van der Waals surface area contributed by atoms with Gasteiger partial charge in [-0.3, -0.25) is 9.59 Å². The van der Waals surface area contributed by atoms with Gasteiger partial charge >= 0.3 is 0 Å². The number of rotatable bonds is 6. The number of amides is 1. The predicted octanol–water partition coefficient (Wildman–Crippen LogP) is 5.45. The lowest BCUT2D eigenvalue weighted by Crippen LogP contribution is -2.32. The van der Waals surface area contributed by atoms with Crippen LogP contribution >= 0.6 is 11.6 Å². The molecule has 198 valence electrons. The van der Waals surface area contributed by atoms with Gasteiger partial charge in [0.05, 0.1) is 30.5 Å². The van der Waals surface area contributed by atoms with Crippen LogP contribution in [0.5, 0.6) is 0 Å². The Balaban J connectivity index is 0.000000417. The van der Waals surface area contributed by atoms with E-state index in [0.717, 1.165) is 60.4 Å². The maximum Gasteiger partial charge on any atom is 0.244 e. The van der Waals surface area contributed by atoms with E-state index in [2.05, 4.69) is 22.4 Å². The first kappa shape index (κ1) is 27.3. The second-order valence-electron chi connectivity index (χ2n) is 9.03. The van der Waals surface area contributed by atoms with E-state index in [1.807, 2.05) is 37.3 Å². The molecule has 4 aromatic rings. The number of ether oxygens (including phenoxy) is 1. The van der Waals surface area contributed by atoms with Gasteiger partial charge in [0.25, 0.3) is 0 Å². The molecule has 0 spiro atoms. The molecule has 9 heteroatoms. The van der Waals surface area contributed by atoms with Crippen LogP contribution in [0.3, 0.4) is 0 Å². The number of morpholine rings is 1. The van der Waals surface area contributed by atoms with Crippen molar-refractivity contribution in [1.82, 2.24) is 15.4 Å². The number of furan rings is 1. The van der Waals surface area contributed by atoms with E-state index >= 15 is 0 Å². The molecule has 1 N–H and O–H groups in total. The first-order valence-corrected chi connectivity index (χ1v) is 12.6. The fourth-order valence-electron chi connectivity index (χ4n) is 3.95. The number of aldehydes is 1. The molecule has 1 fully saturated rings. The van der Waals surface area contributed by atoms with E-state index in [9.17, 15) is 9.59 Å². The van der Waals surface area contributed by atoms with Crippen LogP contribution in [0.15, 0.2) is 57.5 Å². The number of benzene rings is 2. The van der Waals surface area contributed by atoms with Crippen molar-refractivity contribution in [3.05, 3.63) is 81.9 Å². The Morgan fingerprint density at radius 2 is 1.84 bits per heavy atom. The van der Waals surface area contributed by atoms with Crippen molar-refractivity contribution >= 4 is 40.8 Å². The molecule has 2 aromatic heterocycles. The molecular formula is C29H30ClN3O5. The molecule has 0 bridgehead atoms. The number of nitrogens with zero attached hydrogens (tertiary/aromatic N) is 2. The molecular weight excluding hydrogens is 506 g/mol. The monoisotopic (exact) mass is 535 g/mol. The van der Waals surface area contributed by atoms with Crippen LogP contribution in [0.4, 0.5) is 0 Å². The number of aryl methyl sites for hydroxylation is 2. The van der Waals surface area contributed by atoms with Crippen LogP contribution in [0, 0.1) is 13.8 Å². The molecule has 8 nitrogen and oxygen atoms in total. The van der Waals surface area contributed by atoms with Crippen molar-refractivity contribution in [2.45, 2.75) is 20.4 Å². The molecule has 2 aromatic carbocycles.